The lowest BCUT2D eigenvalue weighted by Gasteiger charge is -2.33. The molecule has 1 saturated carbocycles. The maximum Gasteiger partial charge on any atom is 0.251 e. The van der Waals surface area contributed by atoms with Gasteiger partial charge in [-0.25, -0.2) is 0 Å². The topological polar surface area (TPSA) is 55.6 Å². The molecule has 1 unspecified atom stereocenters. The van der Waals surface area contributed by atoms with Gasteiger partial charge in [0.1, 0.15) is 6.10 Å². The summed E-state index contributed by atoms with van der Waals surface area (Å²) >= 11 is 0. The summed E-state index contributed by atoms with van der Waals surface area (Å²) in [5.74, 6) is 0.177. The second-order valence-electron chi connectivity index (χ2n) is 5.60. The van der Waals surface area contributed by atoms with Crippen LogP contribution in [0.2, 0.25) is 0 Å². The number of nitrogens with two attached hydrogens (primary N) is 1. The first-order chi connectivity index (χ1) is 8.70. The minimum absolute atomic E-state index is 0.177. The van der Waals surface area contributed by atoms with Gasteiger partial charge in [-0.2, -0.15) is 0 Å². The van der Waals surface area contributed by atoms with E-state index >= 15 is 0 Å². The molecule has 2 fully saturated rings. The van der Waals surface area contributed by atoms with Crippen LogP contribution < -0.4 is 5.73 Å². The molecule has 2 aliphatic rings. The molecule has 1 atom stereocenters. The van der Waals surface area contributed by atoms with E-state index in [0.717, 1.165) is 45.2 Å². The second-order valence-corrected chi connectivity index (χ2v) is 5.60. The van der Waals surface area contributed by atoms with Crippen molar-refractivity contribution in [2.45, 2.75) is 70.1 Å². The van der Waals surface area contributed by atoms with Crippen molar-refractivity contribution in [3.8, 4) is 0 Å². The van der Waals surface area contributed by atoms with Crippen LogP contribution in [0.4, 0.5) is 0 Å². The van der Waals surface area contributed by atoms with Crippen LogP contribution in [0.5, 0.6) is 0 Å². The Morgan fingerprint density at radius 2 is 1.89 bits per heavy atom. The number of piperidine rings is 1. The molecule has 0 bridgehead atoms. The number of carbonyl (C=O) groups excluding carboxylic acids is 1. The van der Waals surface area contributed by atoms with Crippen molar-refractivity contribution in [2.24, 2.45) is 5.73 Å². The number of carbonyl (C=O) groups is 1. The van der Waals surface area contributed by atoms with E-state index in [1.54, 1.807) is 0 Å². The molecule has 4 nitrogen and oxygen atoms in total. The summed E-state index contributed by atoms with van der Waals surface area (Å²) in [6, 6.07) is 0.268. The SMILES string of the molecule is CCC(OC1CCCC1)C(=O)N1CCC(N)CC1. The molecule has 1 saturated heterocycles. The summed E-state index contributed by atoms with van der Waals surface area (Å²) in [5, 5.41) is 0. The molecule has 104 valence electrons. The summed E-state index contributed by atoms with van der Waals surface area (Å²) in [5.41, 5.74) is 5.87. The molecule has 0 aromatic rings. The van der Waals surface area contributed by atoms with Gasteiger partial charge in [-0.1, -0.05) is 19.8 Å². The van der Waals surface area contributed by atoms with E-state index < -0.39 is 0 Å². The van der Waals surface area contributed by atoms with Gasteiger partial charge in [-0.3, -0.25) is 4.79 Å². The Bertz CT molecular complexity index is 269. The minimum atomic E-state index is -0.234. The molecular weight excluding hydrogens is 228 g/mol. The lowest BCUT2D eigenvalue weighted by molar-refractivity contribution is -0.148. The lowest BCUT2D eigenvalue weighted by Crippen LogP contribution is -2.47. The van der Waals surface area contributed by atoms with Gasteiger partial charge in [-0.05, 0) is 32.1 Å². The molecule has 1 aliphatic heterocycles. The van der Waals surface area contributed by atoms with Crippen molar-refractivity contribution in [2.75, 3.05) is 13.1 Å². The van der Waals surface area contributed by atoms with E-state index in [9.17, 15) is 4.79 Å². The van der Waals surface area contributed by atoms with E-state index in [4.69, 9.17) is 10.5 Å². The van der Waals surface area contributed by atoms with Crippen LogP contribution in [0.25, 0.3) is 0 Å². The summed E-state index contributed by atoms with van der Waals surface area (Å²) in [6.45, 7) is 3.63. The van der Waals surface area contributed by atoms with Crippen molar-refractivity contribution in [3.63, 3.8) is 0 Å². The highest BCUT2D eigenvalue weighted by Gasteiger charge is 2.29. The van der Waals surface area contributed by atoms with Crippen molar-refractivity contribution in [3.05, 3.63) is 0 Å². The highest BCUT2D eigenvalue weighted by molar-refractivity contribution is 5.81. The predicted molar refractivity (Wildman–Crippen MR) is 71.2 cm³/mol. The predicted octanol–water partition coefficient (Wildman–Crippen LogP) is 1.67. The Labute approximate surface area is 110 Å². The third-order valence-corrected chi connectivity index (χ3v) is 4.16. The van der Waals surface area contributed by atoms with Crippen LogP contribution >= 0.6 is 0 Å². The van der Waals surface area contributed by atoms with Crippen LogP contribution in [0.15, 0.2) is 0 Å². The minimum Gasteiger partial charge on any atom is -0.365 e. The van der Waals surface area contributed by atoms with Crippen molar-refractivity contribution in [1.29, 1.82) is 0 Å². The first-order valence-corrected chi connectivity index (χ1v) is 7.40. The number of ether oxygens (including phenoxy) is 1. The molecular formula is C14H26N2O2. The quantitative estimate of drug-likeness (QED) is 0.830. The van der Waals surface area contributed by atoms with Gasteiger partial charge in [0, 0.05) is 19.1 Å². The van der Waals surface area contributed by atoms with Crippen LogP contribution in [-0.2, 0) is 9.53 Å². The Morgan fingerprint density at radius 1 is 1.28 bits per heavy atom. The number of rotatable bonds is 4. The fourth-order valence-electron chi connectivity index (χ4n) is 2.91. The lowest BCUT2D eigenvalue weighted by atomic mass is 10.1. The Kier molecular flexibility index (Phi) is 5.01. The molecule has 18 heavy (non-hydrogen) atoms. The van der Waals surface area contributed by atoms with Crippen LogP contribution in [0, 0.1) is 0 Å². The number of hydrogen-bond donors (Lipinski definition) is 1. The van der Waals surface area contributed by atoms with E-state index in [2.05, 4.69) is 0 Å². The number of hydrogen-bond acceptors (Lipinski definition) is 3. The number of nitrogens with zero attached hydrogens (tertiary/aromatic N) is 1. The van der Waals surface area contributed by atoms with Crippen molar-refractivity contribution >= 4 is 5.91 Å². The summed E-state index contributed by atoms with van der Waals surface area (Å²) in [6.07, 6.45) is 7.42. The molecule has 0 radical (unpaired) electrons. The average Bonchev–Trinajstić information content (AvgIpc) is 2.89. The average molecular weight is 254 g/mol. The maximum absolute atomic E-state index is 12.4. The normalized spacial score (nSPS) is 24.4. The maximum atomic E-state index is 12.4. The van der Waals surface area contributed by atoms with Gasteiger partial charge in [0.15, 0.2) is 0 Å². The number of amides is 1. The van der Waals surface area contributed by atoms with E-state index in [-0.39, 0.29) is 18.1 Å². The zero-order valence-corrected chi connectivity index (χ0v) is 11.4. The fraction of sp³-hybridized carbons (Fsp3) is 0.929. The van der Waals surface area contributed by atoms with Gasteiger partial charge in [0.2, 0.25) is 0 Å². The third-order valence-electron chi connectivity index (χ3n) is 4.16. The molecule has 1 heterocycles. The van der Waals surface area contributed by atoms with Gasteiger partial charge in [0.25, 0.3) is 5.91 Å². The molecule has 0 spiro atoms. The van der Waals surface area contributed by atoms with Crippen molar-refractivity contribution < 1.29 is 9.53 Å². The highest BCUT2D eigenvalue weighted by Crippen LogP contribution is 2.24. The van der Waals surface area contributed by atoms with E-state index in [1.807, 2.05) is 11.8 Å². The van der Waals surface area contributed by atoms with E-state index in [1.165, 1.54) is 12.8 Å². The summed E-state index contributed by atoms with van der Waals surface area (Å²) < 4.78 is 5.98. The number of likely N-dealkylation sites (tertiary alicyclic amines) is 1. The highest BCUT2D eigenvalue weighted by atomic mass is 16.5. The fourth-order valence-corrected chi connectivity index (χ4v) is 2.91. The first kappa shape index (κ1) is 13.8. The van der Waals surface area contributed by atoms with Crippen LogP contribution in [0.1, 0.15) is 51.9 Å². The molecule has 1 amide bonds. The summed E-state index contributed by atoms with van der Waals surface area (Å²) in [4.78, 5) is 14.3. The third kappa shape index (κ3) is 3.45. The summed E-state index contributed by atoms with van der Waals surface area (Å²) in [7, 11) is 0. The van der Waals surface area contributed by atoms with Gasteiger partial charge < -0.3 is 15.4 Å². The smallest absolute Gasteiger partial charge is 0.251 e. The molecule has 0 aromatic carbocycles. The van der Waals surface area contributed by atoms with Crippen LogP contribution in [-0.4, -0.2) is 42.1 Å². The molecule has 4 heteroatoms. The molecule has 0 aromatic heterocycles. The van der Waals surface area contributed by atoms with Gasteiger partial charge in [0.05, 0.1) is 6.10 Å². The largest absolute Gasteiger partial charge is 0.365 e. The Morgan fingerprint density at radius 3 is 2.44 bits per heavy atom. The molecule has 1 aliphatic carbocycles. The van der Waals surface area contributed by atoms with Gasteiger partial charge >= 0.3 is 0 Å². The van der Waals surface area contributed by atoms with Gasteiger partial charge in [-0.15, -0.1) is 0 Å². The second kappa shape index (κ2) is 6.53. The van der Waals surface area contributed by atoms with Crippen LogP contribution in [0.3, 0.4) is 0 Å². The van der Waals surface area contributed by atoms with E-state index in [0.29, 0.717) is 6.10 Å². The standard InChI is InChI=1S/C14H26N2O2/c1-2-13(18-12-5-3-4-6-12)14(17)16-9-7-11(15)8-10-16/h11-13H,2-10,15H2,1H3. The van der Waals surface area contributed by atoms with Crippen molar-refractivity contribution in [1.82, 2.24) is 4.90 Å². The first-order valence-electron chi connectivity index (χ1n) is 7.40. The molecule has 2 rings (SSSR count). The Hall–Kier alpha value is -0.610. The zero-order chi connectivity index (χ0) is 13.0. The monoisotopic (exact) mass is 254 g/mol. The Balaban J connectivity index is 1.84. The zero-order valence-electron chi connectivity index (χ0n) is 11.4. The molecule has 2 N–H and O–H groups in total.